The molecule has 2 saturated heterocycles. The summed E-state index contributed by atoms with van der Waals surface area (Å²) in [6, 6.07) is 7.86. The highest BCUT2D eigenvalue weighted by Gasteiger charge is 2.46. The average Bonchev–Trinajstić information content (AvgIpc) is 3.67. The van der Waals surface area contributed by atoms with Gasteiger partial charge in [0.05, 0.1) is 22.3 Å². The highest BCUT2D eigenvalue weighted by atomic mass is 79.9. The van der Waals surface area contributed by atoms with Crippen molar-refractivity contribution in [3.8, 4) is 24.2 Å². The fraction of sp³-hybridized carbons (Fsp3) is 0.458. The number of carboxylic acid groups (broad SMARTS) is 2. The zero-order chi connectivity index (χ0) is 47.5. The third-order valence-electron chi connectivity index (χ3n) is 11.0. The van der Waals surface area contributed by atoms with Gasteiger partial charge in [-0.3, -0.25) is 68.4 Å². The van der Waals surface area contributed by atoms with Crippen LogP contribution in [0.2, 0.25) is 0 Å². The number of imide groups is 4. The van der Waals surface area contributed by atoms with Crippen molar-refractivity contribution in [1.29, 1.82) is 0 Å². The molecule has 65 heavy (non-hydrogen) atoms. The molecule has 4 N–H and O–H groups in total. The molecule has 4 aliphatic heterocycles. The second-order valence-corrected chi connectivity index (χ2v) is 16.7. The molecule has 2 atom stereocenters. The van der Waals surface area contributed by atoms with Crippen LogP contribution in [-0.4, -0.2) is 91.3 Å². The van der Waals surface area contributed by atoms with Crippen molar-refractivity contribution in [3.05, 3.63) is 68.7 Å². The van der Waals surface area contributed by atoms with Crippen molar-refractivity contribution in [1.82, 2.24) is 20.4 Å². The van der Waals surface area contributed by atoms with Crippen molar-refractivity contribution in [2.75, 3.05) is 0 Å². The van der Waals surface area contributed by atoms with E-state index in [1.165, 1.54) is 12.8 Å². The summed E-state index contributed by atoms with van der Waals surface area (Å²) in [5.41, 5.74) is 1.45. The number of piperidine rings is 2. The van der Waals surface area contributed by atoms with Crippen LogP contribution < -0.4 is 10.6 Å². The standard InChI is InChI=1S/C24H26N2O6.C13H9BrN2O4.C11H18O2/c27-19-15-14-18(22(30)25-19)26-23(31)17-12-9-11-16(21(17)24(26)32)10-7-5-3-1-2-4-6-8-13-20(28)29;14-7-3-1-2-6-10(7)13(20)16(12(6)19)8-4-5-9(17)15-11(8)18;1-2-3-4-5-6-7-8-9-10-11(12)13/h9,11-12,18H,1-6,8,13-15H2,(H,28,29)(H,25,27,30);1-3,8H,4-5H2,(H,15,17,18);1H,3-10H2,(H,12,13). The number of terminal acetylenes is 1. The maximum atomic E-state index is 13.0. The molecular weight excluding hydrogens is 904 g/mol. The number of halogens is 1. The van der Waals surface area contributed by atoms with Crippen molar-refractivity contribution in [2.24, 2.45) is 0 Å². The minimum Gasteiger partial charge on any atom is -0.481 e. The SMILES string of the molecule is C#CCCCCCCCCC(=O)O.O=C(O)CCCCCCCCC#Cc1cccc2c1C(=O)N(C1CCC(=O)NC1=O)C2=O.O=C1CCC(N2C(=O)c3cccc(Br)c3C2=O)C(=O)N1. The molecule has 16 nitrogen and oxygen atoms in total. The van der Waals surface area contributed by atoms with Gasteiger partial charge in [-0.1, -0.05) is 75.3 Å². The number of hydrogen-bond acceptors (Lipinski definition) is 10. The van der Waals surface area contributed by atoms with Crippen molar-refractivity contribution >= 4 is 75.1 Å². The summed E-state index contributed by atoms with van der Waals surface area (Å²) in [7, 11) is 0. The van der Waals surface area contributed by atoms with Crippen LogP contribution in [0, 0.1) is 24.2 Å². The summed E-state index contributed by atoms with van der Waals surface area (Å²) >= 11 is 3.24. The van der Waals surface area contributed by atoms with Gasteiger partial charge >= 0.3 is 11.9 Å². The van der Waals surface area contributed by atoms with Gasteiger partial charge in [-0.15, -0.1) is 12.3 Å². The molecule has 4 aliphatic rings. The molecule has 4 heterocycles. The Hall–Kier alpha value is -6.46. The summed E-state index contributed by atoms with van der Waals surface area (Å²) in [6.07, 6.45) is 19.6. The van der Waals surface area contributed by atoms with Crippen LogP contribution in [0.1, 0.15) is 175 Å². The lowest BCUT2D eigenvalue weighted by atomic mass is 10.0. The number of benzene rings is 2. The third-order valence-corrected chi connectivity index (χ3v) is 11.7. The van der Waals surface area contributed by atoms with Crippen LogP contribution in [-0.2, 0) is 28.8 Å². The molecule has 2 aromatic rings. The molecule has 2 aromatic carbocycles. The zero-order valence-electron chi connectivity index (χ0n) is 36.1. The van der Waals surface area contributed by atoms with E-state index in [0.29, 0.717) is 29.3 Å². The van der Waals surface area contributed by atoms with Gasteiger partial charge < -0.3 is 10.2 Å². The van der Waals surface area contributed by atoms with E-state index in [1.807, 2.05) is 0 Å². The minimum absolute atomic E-state index is 0.0794. The Morgan fingerprint density at radius 2 is 1.03 bits per heavy atom. The van der Waals surface area contributed by atoms with Gasteiger partial charge in [0.25, 0.3) is 23.6 Å². The molecule has 2 unspecified atom stereocenters. The molecule has 6 rings (SSSR count). The summed E-state index contributed by atoms with van der Waals surface area (Å²) < 4.78 is 0.517. The first-order valence-electron chi connectivity index (χ1n) is 21.9. The van der Waals surface area contributed by atoms with Gasteiger partial charge in [-0.05, 0) is 78.7 Å². The summed E-state index contributed by atoms with van der Waals surface area (Å²) in [5, 5.41) is 21.3. The predicted octanol–water partition coefficient (Wildman–Crippen LogP) is 6.32. The maximum absolute atomic E-state index is 13.0. The molecule has 0 spiro atoms. The highest BCUT2D eigenvalue weighted by molar-refractivity contribution is 9.10. The smallest absolute Gasteiger partial charge is 0.303 e. The van der Waals surface area contributed by atoms with Crippen molar-refractivity contribution in [3.63, 3.8) is 0 Å². The number of carboxylic acids is 2. The molecule has 0 aromatic heterocycles. The van der Waals surface area contributed by atoms with E-state index in [1.54, 1.807) is 36.4 Å². The number of carbonyl (C=O) groups excluding carboxylic acids is 8. The molecular formula is C48H53BrN4O12. The summed E-state index contributed by atoms with van der Waals surface area (Å²) in [5.74, 6) is 3.09. The zero-order valence-corrected chi connectivity index (χ0v) is 37.7. The van der Waals surface area contributed by atoms with Crippen LogP contribution in [0.25, 0.3) is 0 Å². The predicted molar refractivity (Wildman–Crippen MR) is 239 cm³/mol. The number of unbranched alkanes of at least 4 members (excludes halogenated alkanes) is 12. The summed E-state index contributed by atoms with van der Waals surface area (Å²) in [4.78, 5) is 120. The second kappa shape index (κ2) is 25.7. The maximum Gasteiger partial charge on any atom is 0.303 e. The second-order valence-electron chi connectivity index (χ2n) is 15.8. The lowest BCUT2D eigenvalue weighted by molar-refractivity contribution is -0.138. The van der Waals surface area contributed by atoms with Gasteiger partial charge in [0.2, 0.25) is 23.6 Å². The number of nitrogens with zero attached hydrogens (tertiary/aromatic N) is 2. The first-order chi connectivity index (χ1) is 31.2. The Morgan fingerprint density at radius 3 is 1.49 bits per heavy atom. The number of nitrogens with one attached hydrogen (secondary N) is 2. The molecule has 8 amide bonds. The number of hydrogen-bond donors (Lipinski definition) is 4. The molecule has 17 heteroatoms. The Bertz CT molecular complexity index is 2290. The van der Waals surface area contributed by atoms with Gasteiger partial charge in [-0.25, -0.2) is 0 Å². The molecule has 0 radical (unpaired) electrons. The van der Waals surface area contributed by atoms with Crippen LogP contribution in [0.3, 0.4) is 0 Å². The Kier molecular flexibility index (Phi) is 20.3. The summed E-state index contributed by atoms with van der Waals surface area (Å²) in [6.45, 7) is 0. The molecule has 0 saturated carbocycles. The van der Waals surface area contributed by atoms with E-state index in [9.17, 15) is 47.9 Å². The average molecular weight is 958 g/mol. The molecule has 344 valence electrons. The molecule has 0 aliphatic carbocycles. The fourth-order valence-corrected chi connectivity index (χ4v) is 8.19. The Labute approximate surface area is 385 Å². The molecule has 0 bridgehead atoms. The fourth-order valence-electron chi connectivity index (χ4n) is 7.66. The Morgan fingerprint density at radius 1 is 0.600 bits per heavy atom. The minimum atomic E-state index is -0.989. The van der Waals surface area contributed by atoms with E-state index in [-0.39, 0.29) is 60.3 Å². The van der Waals surface area contributed by atoms with E-state index in [4.69, 9.17) is 16.6 Å². The number of carbonyl (C=O) groups is 10. The topological polar surface area (TPSA) is 242 Å². The Balaban J connectivity index is 0.000000238. The van der Waals surface area contributed by atoms with Crippen molar-refractivity contribution in [2.45, 2.75) is 141 Å². The van der Waals surface area contributed by atoms with Gasteiger partial charge in [0.1, 0.15) is 12.1 Å². The van der Waals surface area contributed by atoms with Crippen LogP contribution in [0.15, 0.2) is 40.9 Å². The first kappa shape index (κ1) is 51.2. The van der Waals surface area contributed by atoms with E-state index in [2.05, 4.69) is 44.3 Å². The lowest BCUT2D eigenvalue weighted by Crippen LogP contribution is -2.54. The van der Waals surface area contributed by atoms with E-state index < -0.39 is 65.4 Å². The number of aliphatic carboxylic acids is 2. The number of rotatable bonds is 18. The van der Waals surface area contributed by atoms with Gasteiger partial charge in [0, 0.05) is 48.6 Å². The normalized spacial score (nSPS) is 17.4. The van der Waals surface area contributed by atoms with Crippen LogP contribution in [0.5, 0.6) is 0 Å². The quantitative estimate of drug-likeness (QED) is 0.0729. The first-order valence-corrected chi connectivity index (χ1v) is 22.7. The van der Waals surface area contributed by atoms with Crippen LogP contribution in [0.4, 0.5) is 0 Å². The molecule has 2 fully saturated rings. The third kappa shape index (κ3) is 14.5. The highest BCUT2D eigenvalue weighted by Crippen LogP contribution is 2.33. The van der Waals surface area contributed by atoms with E-state index in [0.717, 1.165) is 74.0 Å². The van der Waals surface area contributed by atoms with Gasteiger partial charge in [-0.2, -0.15) is 0 Å². The largest absolute Gasteiger partial charge is 0.481 e. The monoisotopic (exact) mass is 956 g/mol. The van der Waals surface area contributed by atoms with Crippen molar-refractivity contribution < 1.29 is 58.2 Å². The van der Waals surface area contributed by atoms with Gasteiger partial charge in [0.15, 0.2) is 0 Å². The number of fused-ring (bicyclic) bond motifs is 2. The van der Waals surface area contributed by atoms with Crippen LogP contribution >= 0.6 is 15.9 Å². The lowest BCUT2D eigenvalue weighted by Gasteiger charge is -2.27. The number of amides is 8. The van der Waals surface area contributed by atoms with E-state index >= 15 is 0 Å².